The number of aromatic amines is 1. The first-order valence-corrected chi connectivity index (χ1v) is 5.59. The Morgan fingerprint density at radius 1 is 1.58 bits per heavy atom. The van der Waals surface area contributed by atoms with Gasteiger partial charge in [0.2, 0.25) is 5.95 Å². The number of ether oxygens (including phenoxy) is 1. The van der Waals surface area contributed by atoms with Crippen LogP contribution in [0.5, 0.6) is 0 Å². The lowest BCUT2D eigenvalue weighted by molar-refractivity contribution is -0.139. The number of aromatic nitrogens is 2. The molecule has 7 nitrogen and oxygen atoms in total. The van der Waals surface area contributed by atoms with Gasteiger partial charge in [0, 0.05) is 6.42 Å². The van der Waals surface area contributed by atoms with Crippen molar-refractivity contribution in [3.63, 3.8) is 0 Å². The highest BCUT2D eigenvalue weighted by atomic mass is 19.1. The molecule has 19 heavy (non-hydrogen) atoms. The van der Waals surface area contributed by atoms with Crippen molar-refractivity contribution in [3.05, 3.63) is 18.0 Å². The Bertz CT molecular complexity index is 467. The van der Waals surface area contributed by atoms with Gasteiger partial charge in [-0.1, -0.05) is 0 Å². The standard InChI is InChI=1S/C11H16FN3O4/c1-11(2,3)19-10(18)15-7(9(16)17)4-6-8(12)14-5-13-6/h5,7H,4H2,1-3H3,(H,13,14)(H,15,18)(H,16,17)/t7-/m0/s1. The third-order valence-electron chi connectivity index (χ3n) is 2.06. The molecule has 8 heteroatoms. The first kappa shape index (κ1) is 14.9. The molecular formula is C11H16FN3O4. The van der Waals surface area contributed by atoms with Crippen LogP contribution in [-0.2, 0) is 16.0 Å². The Balaban J connectivity index is 2.67. The van der Waals surface area contributed by atoms with Crippen molar-refractivity contribution >= 4 is 12.1 Å². The maximum absolute atomic E-state index is 13.1. The number of H-pyrrole nitrogens is 1. The van der Waals surface area contributed by atoms with Crippen LogP contribution in [-0.4, -0.2) is 38.8 Å². The summed E-state index contributed by atoms with van der Waals surface area (Å²) in [6.07, 6.45) is -0.0166. The molecule has 0 fully saturated rings. The fourth-order valence-electron chi connectivity index (χ4n) is 1.30. The Morgan fingerprint density at radius 3 is 2.63 bits per heavy atom. The Labute approximate surface area is 109 Å². The molecule has 0 radical (unpaired) electrons. The maximum atomic E-state index is 13.1. The van der Waals surface area contributed by atoms with E-state index in [1.54, 1.807) is 20.8 Å². The van der Waals surface area contributed by atoms with Gasteiger partial charge < -0.3 is 20.1 Å². The van der Waals surface area contributed by atoms with Crippen molar-refractivity contribution in [2.75, 3.05) is 0 Å². The molecule has 0 saturated carbocycles. The van der Waals surface area contributed by atoms with Crippen LogP contribution in [0.1, 0.15) is 26.5 Å². The summed E-state index contributed by atoms with van der Waals surface area (Å²) in [5, 5.41) is 11.1. The lowest BCUT2D eigenvalue weighted by Crippen LogP contribution is -2.44. The number of amides is 1. The number of carbonyl (C=O) groups excluding carboxylic acids is 1. The van der Waals surface area contributed by atoms with Gasteiger partial charge in [-0.3, -0.25) is 0 Å². The number of hydrogen-bond acceptors (Lipinski definition) is 4. The topological polar surface area (TPSA) is 104 Å². The van der Waals surface area contributed by atoms with Crippen molar-refractivity contribution in [1.82, 2.24) is 15.3 Å². The zero-order valence-electron chi connectivity index (χ0n) is 10.9. The van der Waals surface area contributed by atoms with Gasteiger partial charge in [-0.05, 0) is 20.8 Å². The summed E-state index contributed by atoms with van der Waals surface area (Å²) in [4.78, 5) is 28.3. The monoisotopic (exact) mass is 273 g/mol. The number of halogens is 1. The zero-order chi connectivity index (χ0) is 14.6. The van der Waals surface area contributed by atoms with E-state index >= 15 is 0 Å². The van der Waals surface area contributed by atoms with Crippen molar-refractivity contribution in [1.29, 1.82) is 0 Å². The van der Waals surface area contributed by atoms with Crippen LogP contribution >= 0.6 is 0 Å². The van der Waals surface area contributed by atoms with Gasteiger partial charge in [0.1, 0.15) is 11.6 Å². The quantitative estimate of drug-likeness (QED) is 0.761. The molecule has 0 saturated heterocycles. The molecule has 0 spiro atoms. The van der Waals surface area contributed by atoms with E-state index < -0.39 is 29.7 Å². The summed E-state index contributed by atoms with van der Waals surface area (Å²) < 4.78 is 18.0. The molecule has 0 aliphatic carbocycles. The summed E-state index contributed by atoms with van der Waals surface area (Å²) in [6.45, 7) is 4.95. The Hall–Kier alpha value is -2.12. The van der Waals surface area contributed by atoms with Gasteiger partial charge in [0.25, 0.3) is 0 Å². The number of carboxylic acid groups (broad SMARTS) is 1. The van der Waals surface area contributed by atoms with E-state index in [2.05, 4.69) is 15.3 Å². The molecule has 0 bridgehead atoms. The van der Waals surface area contributed by atoms with Gasteiger partial charge in [-0.25, -0.2) is 14.6 Å². The molecule has 1 aromatic heterocycles. The number of nitrogens with one attached hydrogen (secondary N) is 2. The molecule has 1 amide bonds. The molecule has 3 N–H and O–H groups in total. The molecule has 0 aliphatic heterocycles. The van der Waals surface area contributed by atoms with Crippen LogP contribution in [0.4, 0.5) is 9.18 Å². The second-order valence-electron chi connectivity index (χ2n) is 4.91. The number of aliphatic carboxylic acids is 1. The second kappa shape index (κ2) is 5.68. The van der Waals surface area contributed by atoms with Gasteiger partial charge in [-0.15, -0.1) is 0 Å². The van der Waals surface area contributed by atoms with Crippen LogP contribution in [0.2, 0.25) is 0 Å². The van der Waals surface area contributed by atoms with Crippen molar-refractivity contribution in [2.45, 2.75) is 38.8 Å². The summed E-state index contributed by atoms with van der Waals surface area (Å²) >= 11 is 0. The molecule has 0 unspecified atom stereocenters. The van der Waals surface area contributed by atoms with E-state index in [1.165, 1.54) is 0 Å². The van der Waals surface area contributed by atoms with Crippen LogP contribution in [0.3, 0.4) is 0 Å². The highest BCUT2D eigenvalue weighted by molar-refractivity contribution is 5.80. The van der Waals surface area contributed by atoms with E-state index in [-0.39, 0.29) is 12.1 Å². The van der Waals surface area contributed by atoms with Crippen LogP contribution < -0.4 is 5.32 Å². The normalized spacial score (nSPS) is 12.8. The molecule has 1 aromatic rings. The third-order valence-corrected chi connectivity index (χ3v) is 2.06. The second-order valence-corrected chi connectivity index (χ2v) is 4.91. The number of hydrogen-bond donors (Lipinski definition) is 3. The van der Waals surface area contributed by atoms with Crippen LogP contribution in [0, 0.1) is 5.95 Å². The smallest absolute Gasteiger partial charge is 0.408 e. The number of nitrogens with zero attached hydrogens (tertiary/aromatic N) is 1. The first-order chi connectivity index (χ1) is 8.69. The molecule has 1 atom stereocenters. The lowest BCUT2D eigenvalue weighted by atomic mass is 10.1. The number of carbonyl (C=O) groups is 2. The van der Waals surface area contributed by atoms with E-state index in [9.17, 15) is 14.0 Å². The highest BCUT2D eigenvalue weighted by Crippen LogP contribution is 2.08. The lowest BCUT2D eigenvalue weighted by Gasteiger charge is -2.21. The third kappa shape index (κ3) is 4.94. The van der Waals surface area contributed by atoms with Crippen LogP contribution in [0.15, 0.2) is 6.33 Å². The predicted octanol–water partition coefficient (Wildman–Crippen LogP) is 1.07. The predicted molar refractivity (Wildman–Crippen MR) is 63.0 cm³/mol. The Morgan fingerprint density at radius 2 is 2.21 bits per heavy atom. The molecular weight excluding hydrogens is 257 g/mol. The Kier molecular flexibility index (Phi) is 4.47. The van der Waals surface area contributed by atoms with Gasteiger partial charge in [0.05, 0.1) is 12.0 Å². The summed E-state index contributed by atoms with van der Waals surface area (Å²) in [5.41, 5.74) is -0.740. The minimum atomic E-state index is -1.30. The zero-order valence-corrected chi connectivity index (χ0v) is 10.9. The number of imidazole rings is 1. The van der Waals surface area contributed by atoms with Gasteiger partial charge in [0.15, 0.2) is 0 Å². The van der Waals surface area contributed by atoms with E-state index in [0.29, 0.717) is 0 Å². The van der Waals surface area contributed by atoms with Crippen molar-refractivity contribution in [3.8, 4) is 0 Å². The molecule has 1 heterocycles. The van der Waals surface area contributed by atoms with Gasteiger partial charge >= 0.3 is 12.1 Å². The van der Waals surface area contributed by atoms with Crippen molar-refractivity contribution < 1.29 is 23.8 Å². The minimum absolute atomic E-state index is 0.00320. The summed E-state index contributed by atoms with van der Waals surface area (Å²) in [7, 11) is 0. The highest BCUT2D eigenvalue weighted by Gasteiger charge is 2.25. The molecule has 106 valence electrons. The van der Waals surface area contributed by atoms with E-state index in [4.69, 9.17) is 9.84 Å². The first-order valence-electron chi connectivity index (χ1n) is 5.59. The molecule has 1 rings (SSSR count). The summed E-state index contributed by atoms with van der Waals surface area (Å²) in [5.74, 6) is -2.09. The maximum Gasteiger partial charge on any atom is 0.408 e. The fourth-order valence-corrected chi connectivity index (χ4v) is 1.30. The fraction of sp³-hybridized carbons (Fsp3) is 0.545. The largest absolute Gasteiger partial charge is 0.480 e. The molecule has 0 aromatic carbocycles. The van der Waals surface area contributed by atoms with E-state index in [1.807, 2.05) is 0 Å². The average molecular weight is 273 g/mol. The van der Waals surface area contributed by atoms with Gasteiger partial charge in [-0.2, -0.15) is 4.39 Å². The molecule has 0 aliphatic rings. The minimum Gasteiger partial charge on any atom is -0.480 e. The SMILES string of the molecule is CC(C)(C)OC(=O)N[C@@H](Cc1[nH]cnc1F)C(=O)O. The number of alkyl carbamates (subject to hydrolysis) is 1. The number of rotatable bonds is 4. The van der Waals surface area contributed by atoms with E-state index in [0.717, 1.165) is 6.33 Å². The number of carboxylic acids is 1. The summed E-state index contributed by atoms with van der Waals surface area (Å²) in [6, 6.07) is -1.30. The van der Waals surface area contributed by atoms with Crippen molar-refractivity contribution in [2.24, 2.45) is 0 Å². The average Bonchev–Trinajstić information content (AvgIpc) is 2.60. The van der Waals surface area contributed by atoms with Crippen LogP contribution in [0.25, 0.3) is 0 Å².